The van der Waals surface area contributed by atoms with Crippen LogP contribution >= 0.6 is 0 Å². The molecule has 0 heterocycles. The van der Waals surface area contributed by atoms with Crippen LogP contribution in [0, 0.1) is 0 Å². The predicted octanol–water partition coefficient (Wildman–Crippen LogP) is 6.16. The summed E-state index contributed by atoms with van der Waals surface area (Å²) in [5, 5.41) is 0. The first-order chi connectivity index (χ1) is 10.7. The van der Waals surface area contributed by atoms with Crippen LogP contribution in [-0.4, -0.2) is 6.61 Å². The maximum Gasteiger partial charge on any atom is 0.270 e. The molecule has 0 saturated carbocycles. The van der Waals surface area contributed by atoms with Crippen molar-refractivity contribution in [3.63, 3.8) is 0 Å². The molecule has 0 amide bonds. The minimum Gasteiger partial charge on any atom is -0.494 e. The van der Waals surface area contributed by atoms with E-state index >= 15 is 0 Å². The van der Waals surface area contributed by atoms with E-state index in [-0.39, 0.29) is 0 Å². The average Bonchev–Trinajstić information content (AvgIpc) is 2.52. The summed E-state index contributed by atoms with van der Waals surface area (Å²) in [6.45, 7) is 2.90. The highest BCUT2D eigenvalue weighted by Gasteiger charge is 2.00. The highest BCUT2D eigenvalue weighted by atomic mass is 19.3. The van der Waals surface area contributed by atoms with Crippen molar-refractivity contribution in [3.05, 3.63) is 60.2 Å². The Morgan fingerprint density at radius 1 is 0.909 bits per heavy atom. The molecule has 0 spiro atoms. The van der Waals surface area contributed by atoms with Crippen LogP contribution in [-0.2, 0) is 0 Å². The minimum absolute atomic E-state index is 0.500. The summed E-state index contributed by atoms with van der Waals surface area (Å²) >= 11 is 0. The zero-order valence-electron chi connectivity index (χ0n) is 12.7. The van der Waals surface area contributed by atoms with Crippen molar-refractivity contribution in [2.45, 2.75) is 26.2 Å². The van der Waals surface area contributed by atoms with E-state index in [0.717, 1.165) is 36.0 Å². The van der Waals surface area contributed by atoms with Crippen molar-refractivity contribution >= 4 is 6.08 Å². The van der Waals surface area contributed by atoms with E-state index in [4.69, 9.17) is 4.74 Å². The van der Waals surface area contributed by atoms with Crippen LogP contribution in [0.25, 0.3) is 17.2 Å². The van der Waals surface area contributed by atoms with Crippen molar-refractivity contribution < 1.29 is 13.5 Å². The van der Waals surface area contributed by atoms with Crippen molar-refractivity contribution in [2.75, 3.05) is 6.61 Å². The Balaban J connectivity index is 1.99. The molecule has 0 aliphatic rings. The number of unbranched alkanes of at least 4 members (excludes halogenated alkanes) is 2. The van der Waals surface area contributed by atoms with Crippen LogP contribution in [0.4, 0.5) is 8.78 Å². The molecule has 0 saturated heterocycles. The standard InChI is InChI=1S/C19H20F2O/c1-2-3-4-13-22-18-11-9-17(10-12-18)16-7-5-15(6-8-16)14-19(20)21/h5-12,14H,2-4,13H2,1H3. The molecule has 0 aliphatic heterocycles. The molecule has 0 radical (unpaired) electrons. The highest BCUT2D eigenvalue weighted by Crippen LogP contribution is 2.23. The van der Waals surface area contributed by atoms with Gasteiger partial charge in [0, 0.05) is 6.08 Å². The van der Waals surface area contributed by atoms with Gasteiger partial charge in [0.2, 0.25) is 0 Å². The fourth-order valence-corrected chi connectivity index (χ4v) is 2.18. The van der Waals surface area contributed by atoms with Gasteiger partial charge in [-0.3, -0.25) is 0 Å². The van der Waals surface area contributed by atoms with Gasteiger partial charge in [-0.1, -0.05) is 56.2 Å². The number of rotatable bonds is 7. The van der Waals surface area contributed by atoms with E-state index in [1.165, 1.54) is 12.8 Å². The molecule has 0 N–H and O–H groups in total. The molecular weight excluding hydrogens is 282 g/mol. The third-order valence-electron chi connectivity index (χ3n) is 3.39. The van der Waals surface area contributed by atoms with Gasteiger partial charge in [0.25, 0.3) is 6.08 Å². The molecule has 2 aromatic carbocycles. The summed E-state index contributed by atoms with van der Waals surface area (Å²) in [7, 11) is 0. The second-order valence-electron chi connectivity index (χ2n) is 5.14. The van der Waals surface area contributed by atoms with E-state index in [2.05, 4.69) is 6.92 Å². The van der Waals surface area contributed by atoms with Crippen molar-refractivity contribution in [3.8, 4) is 16.9 Å². The van der Waals surface area contributed by atoms with Gasteiger partial charge < -0.3 is 4.74 Å². The lowest BCUT2D eigenvalue weighted by Gasteiger charge is -2.07. The van der Waals surface area contributed by atoms with Gasteiger partial charge in [-0.15, -0.1) is 0 Å². The molecule has 22 heavy (non-hydrogen) atoms. The summed E-state index contributed by atoms with van der Waals surface area (Å²) < 4.78 is 30.0. The Kier molecular flexibility index (Phi) is 6.13. The maximum absolute atomic E-state index is 12.2. The average molecular weight is 302 g/mol. The van der Waals surface area contributed by atoms with Gasteiger partial charge in [0.05, 0.1) is 6.61 Å². The van der Waals surface area contributed by atoms with Gasteiger partial charge in [-0.25, -0.2) is 0 Å². The first kappa shape index (κ1) is 16.2. The monoisotopic (exact) mass is 302 g/mol. The highest BCUT2D eigenvalue weighted by molar-refractivity contribution is 5.66. The minimum atomic E-state index is -1.68. The second-order valence-corrected chi connectivity index (χ2v) is 5.14. The molecule has 3 heteroatoms. The lowest BCUT2D eigenvalue weighted by atomic mass is 10.0. The first-order valence-corrected chi connectivity index (χ1v) is 7.55. The largest absolute Gasteiger partial charge is 0.494 e. The van der Waals surface area contributed by atoms with Crippen LogP contribution in [0.5, 0.6) is 5.75 Å². The molecule has 0 bridgehead atoms. The molecular formula is C19H20F2O. The number of benzene rings is 2. The van der Waals surface area contributed by atoms with Gasteiger partial charge in [-0.2, -0.15) is 8.78 Å². The summed E-state index contributed by atoms with van der Waals surface area (Å²) in [6.07, 6.45) is 2.60. The van der Waals surface area contributed by atoms with E-state index < -0.39 is 6.08 Å². The number of halogens is 2. The van der Waals surface area contributed by atoms with Gasteiger partial charge in [-0.05, 0) is 35.2 Å². The summed E-state index contributed by atoms with van der Waals surface area (Å²) in [4.78, 5) is 0. The van der Waals surface area contributed by atoms with Gasteiger partial charge in [0.1, 0.15) is 5.75 Å². The fraction of sp³-hybridized carbons (Fsp3) is 0.263. The van der Waals surface area contributed by atoms with Crippen LogP contribution in [0.15, 0.2) is 54.6 Å². The van der Waals surface area contributed by atoms with Crippen LogP contribution in [0.3, 0.4) is 0 Å². The van der Waals surface area contributed by atoms with E-state index in [0.29, 0.717) is 5.56 Å². The Morgan fingerprint density at radius 2 is 1.50 bits per heavy atom. The van der Waals surface area contributed by atoms with Crippen molar-refractivity contribution in [1.82, 2.24) is 0 Å². The smallest absolute Gasteiger partial charge is 0.270 e. The maximum atomic E-state index is 12.2. The lowest BCUT2D eigenvalue weighted by molar-refractivity contribution is 0.306. The van der Waals surface area contributed by atoms with E-state index in [1.807, 2.05) is 36.4 Å². The van der Waals surface area contributed by atoms with Gasteiger partial charge >= 0.3 is 0 Å². The van der Waals surface area contributed by atoms with Crippen LogP contribution < -0.4 is 4.74 Å². The van der Waals surface area contributed by atoms with Crippen LogP contribution in [0.2, 0.25) is 0 Å². The third kappa shape index (κ3) is 4.99. The number of hydrogen-bond donors (Lipinski definition) is 0. The number of ether oxygens (including phenoxy) is 1. The Bertz CT molecular complexity index is 596. The van der Waals surface area contributed by atoms with Gasteiger partial charge in [0.15, 0.2) is 0 Å². The van der Waals surface area contributed by atoms with Crippen molar-refractivity contribution in [1.29, 1.82) is 0 Å². The SMILES string of the molecule is CCCCCOc1ccc(-c2ccc(C=C(F)F)cc2)cc1. The molecule has 1 nitrogen and oxygen atoms in total. The van der Waals surface area contributed by atoms with E-state index in [1.54, 1.807) is 12.1 Å². The Hall–Kier alpha value is -2.16. The molecule has 0 aromatic heterocycles. The Labute approximate surface area is 130 Å². The Morgan fingerprint density at radius 3 is 2.05 bits per heavy atom. The molecule has 116 valence electrons. The van der Waals surface area contributed by atoms with Crippen molar-refractivity contribution in [2.24, 2.45) is 0 Å². The zero-order valence-corrected chi connectivity index (χ0v) is 12.7. The molecule has 0 unspecified atom stereocenters. The normalized spacial score (nSPS) is 10.3. The fourth-order valence-electron chi connectivity index (χ4n) is 2.18. The van der Waals surface area contributed by atoms with Crippen LogP contribution in [0.1, 0.15) is 31.7 Å². The molecule has 0 aliphatic carbocycles. The first-order valence-electron chi connectivity index (χ1n) is 7.55. The zero-order chi connectivity index (χ0) is 15.8. The third-order valence-corrected chi connectivity index (χ3v) is 3.39. The molecule has 2 rings (SSSR count). The lowest BCUT2D eigenvalue weighted by Crippen LogP contribution is -1.96. The predicted molar refractivity (Wildman–Crippen MR) is 87.1 cm³/mol. The summed E-state index contributed by atoms with van der Waals surface area (Å²) in [6, 6.07) is 14.9. The molecule has 0 fully saturated rings. The van der Waals surface area contributed by atoms with E-state index in [9.17, 15) is 8.78 Å². The topological polar surface area (TPSA) is 9.23 Å². The number of hydrogen-bond acceptors (Lipinski definition) is 1. The molecule has 0 atom stereocenters. The molecule has 2 aromatic rings. The summed E-state index contributed by atoms with van der Waals surface area (Å²) in [5.41, 5.74) is 2.53. The second kappa shape index (κ2) is 8.32. The summed E-state index contributed by atoms with van der Waals surface area (Å²) in [5.74, 6) is 0.860. The quantitative estimate of drug-likeness (QED) is 0.556.